The highest BCUT2D eigenvalue weighted by molar-refractivity contribution is 7.80. The summed E-state index contributed by atoms with van der Waals surface area (Å²) in [4.78, 5) is 2.63. The van der Waals surface area contributed by atoms with E-state index in [1.54, 1.807) is 0 Å². The van der Waals surface area contributed by atoms with E-state index in [1.165, 1.54) is 45.2 Å². The van der Waals surface area contributed by atoms with E-state index in [0.29, 0.717) is 6.61 Å². The van der Waals surface area contributed by atoms with Gasteiger partial charge in [-0.3, -0.25) is 0 Å². The van der Waals surface area contributed by atoms with Crippen molar-refractivity contribution >= 4 is 12.6 Å². The van der Waals surface area contributed by atoms with Crippen LogP contribution in [0.5, 0.6) is 0 Å². The molecule has 1 saturated heterocycles. The average molecular weight is 245 g/mol. The quantitative estimate of drug-likeness (QED) is 0.642. The van der Waals surface area contributed by atoms with Crippen LogP contribution in [-0.2, 0) is 0 Å². The van der Waals surface area contributed by atoms with Crippen LogP contribution < -0.4 is 0 Å². The molecule has 96 valence electrons. The summed E-state index contributed by atoms with van der Waals surface area (Å²) < 4.78 is 0. The lowest BCUT2D eigenvalue weighted by molar-refractivity contribution is 0.192. The van der Waals surface area contributed by atoms with Crippen molar-refractivity contribution in [1.29, 1.82) is 0 Å². The maximum absolute atomic E-state index is 8.89. The molecule has 0 saturated carbocycles. The minimum Gasteiger partial charge on any atom is -0.396 e. The van der Waals surface area contributed by atoms with Crippen molar-refractivity contribution in [3.8, 4) is 0 Å². The lowest BCUT2D eigenvalue weighted by atomic mass is 10.0. The van der Waals surface area contributed by atoms with Crippen LogP contribution in [0, 0.1) is 5.92 Å². The first-order valence-corrected chi connectivity index (χ1v) is 7.40. The predicted octanol–water partition coefficient (Wildman–Crippen LogP) is 2.57. The van der Waals surface area contributed by atoms with E-state index >= 15 is 0 Å². The molecule has 0 aromatic carbocycles. The van der Waals surface area contributed by atoms with E-state index in [0.717, 1.165) is 24.1 Å². The predicted molar refractivity (Wildman–Crippen MR) is 73.2 cm³/mol. The van der Waals surface area contributed by atoms with E-state index in [-0.39, 0.29) is 0 Å². The molecule has 16 heavy (non-hydrogen) atoms. The first-order valence-electron chi connectivity index (χ1n) is 6.77. The van der Waals surface area contributed by atoms with E-state index in [2.05, 4.69) is 24.5 Å². The number of nitrogens with zero attached hydrogens (tertiary/aromatic N) is 1. The van der Waals surface area contributed by atoms with Crippen LogP contribution in [-0.4, -0.2) is 41.5 Å². The van der Waals surface area contributed by atoms with Crippen molar-refractivity contribution in [3.05, 3.63) is 0 Å². The van der Waals surface area contributed by atoms with E-state index < -0.39 is 0 Å². The van der Waals surface area contributed by atoms with Crippen LogP contribution in [0.15, 0.2) is 0 Å². The van der Waals surface area contributed by atoms with Gasteiger partial charge in [-0.2, -0.15) is 12.6 Å². The van der Waals surface area contributed by atoms with Crippen molar-refractivity contribution < 1.29 is 5.11 Å². The Kier molecular flexibility index (Phi) is 7.50. The molecule has 1 N–H and O–H groups in total. The van der Waals surface area contributed by atoms with Gasteiger partial charge in [-0.15, -0.1) is 0 Å². The number of hydrogen-bond donors (Lipinski definition) is 2. The average Bonchev–Trinajstić information content (AvgIpc) is 2.73. The molecular weight excluding hydrogens is 218 g/mol. The standard InChI is InChI=1S/C13H27NOS/c1-2-5-12(11-16)10-14-8-3-6-13(14)7-4-9-15/h12-13,15-16H,2-11H2,1H3. The van der Waals surface area contributed by atoms with Crippen molar-refractivity contribution in [2.45, 2.75) is 51.5 Å². The Balaban J connectivity index is 2.32. The third-order valence-electron chi connectivity index (χ3n) is 3.64. The lowest BCUT2D eigenvalue weighted by Gasteiger charge is -2.28. The molecule has 0 aromatic heterocycles. The van der Waals surface area contributed by atoms with Crippen LogP contribution in [0.3, 0.4) is 0 Å². The van der Waals surface area contributed by atoms with E-state index in [1.807, 2.05) is 0 Å². The molecule has 1 heterocycles. The lowest BCUT2D eigenvalue weighted by Crippen LogP contribution is -2.34. The van der Waals surface area contributed by atoms with Gasteiger partial charge in [0.25, 0.3) is 0 Å². The molecule has 0 aliphatic carbocycles. The van der Waals surface area contributed by atoms with Gasteiger partial charge in [-0.1, -0.05) is 13.3 Å². The number of hydrogen-bond acceptors (Lipinski definition) is 3. The Morgan fingerprint density at radius 1 is 1.50 bits per heavy atom. The van der Waals surface area contributed by atoms with E-state index in [4.69, 9.17) is 5.11 Å². The second kappa shape index (κ2) is 8.37. The first-order chi connectivity index (χ1) is 7.81. The van der Waals surface area contributed by atoms with Gasteiger partial charge < -0.3 is 10.0 Å². The second-order valence-electron chi connectivity index (χ2n) is 4.99. The zero-order valence-corrected chi connectivity index (χ0v) is 11.5. The Morgan fingerprint density at radius 3 is 2.94 bits per heavy atom. The zero-order chi connectivity index (χ0) is 11.8. The van der Waals surface area contributed by atoms with Gasteiger partial charge >= 0.3 is 0 Å². The van der Waals surface area contributed by atoms with Gasteiger partial charge in [0.2, 0.25) is 0 Å². The van der Waals surface area contributed by atoms with Gasteiger partial charge in [0.05, 0.1) is 0 Å². The molecule has 0 amide bonds. The first kappa shape index (κ1) is 14.3. The Morgan fingerprint density at radius 2 is 2.31 bits per heavy atom. The van der Waals surface area contributed by atoms with Crippen LogP contribution in [0.4, 0.5) is 0 Å². The largest absolute Gasteiger partial charge is 0.396 e. The fourth-order valence-corrected chi connectivity index (χ4v) is 3.07. The molecule has 0 radical (unpaired) electrons. The molecule has 1 fully saturated rings. The van der Waals surface area contributed by atoms with Crippen molar-refractivity contribution in [2.24, 2.45) is 5.92 Å². The molecule has 3 heteroatoms. The van der Waals surface area contributed by atoms with Gasteiger partial charge in [0.1, 0.15) is 0 Å². The van der Waals surface area contributed by atoms with Crippen LogP contribution in [0.1, 0.15) is 45.4 Å². The topological polar surface area (TPSA) is 23.5 Å². The summed E-state index contributed by atoms with van der Waals surface area (Å²) in [6, 6.07) is 0.728. The summed E-state index contributed by atoms with van der Waals surface area (Å²) in [6.45, 7) is 5.07. The fourth-order valence-electron chi connectivity index (χ4n) is 2.77. The van der Waals surface area contributed by atoms with Crippen LogP contribution in [0.25, 0.3) is 0 Å². The summed E-state index contributed by atoms with van der Waals surface area (Å²) in [5, 5.41) is 8.89. The minimum atomic E-state index is 0.343. The summed E-state index contributed by atoms with van der Waals surface area (Å²) >= 11 is 4.46. The molecule has 2 unspecified atom stereocenters. The highest BCUT2D eigenvalue weighted by Crippen LogP contribution is 2.23. The van der Waals surface area contributed by atoms with Crippen molar-refractivity contribution in [3.63, 3.8) is 0 Å². The Hall–Kier alpha value is 0.270. The van der Waals surface area contributed by atoms with Gasteiger partial charge in [-0.25, -0.2) is 0 Å². The Bertz CT molecular complexity index is 177. The smallest absolute Gasteiger partial charge is 0.0431 e. The van der Waals surface area contributed by atoms with Crippen LogP contribution >= 0.6 is 12.6 Å². The molecule has 1 aliphatic rings. The minimum absolute atomic E-state index is 0.343. The summed E-state index contributed by atoms with van der Waals surface area (Å²) in [5.41, 5.74) is 0. The van der Waals surface area contributed by atoms with Gasteiger partial charge in [0, 0.05) is 19.2 Å². The molecule has 2 nitrogen and oxygen atoms in total. The van der Waals surface area contributed by atoms with E-state index in [9.17, 15) is 0 Å². The zero-order valence-electron chi connectivity index (χ0n) is 10.6. The van der Waals surface area contributed by atoms with Crippen LogP contribution in [0.2, 0.25) is 0 Å². The highest BCUT2D eigenvalue weighted by atomic mass is 32.1. The van der Waals surface area contributed by atoms with Crippen molar-refractivity contribution in [1.82, 2.24) is 4.90 Å². The number of aliphatic hydroxyl groups excluding tert-OH is 1. The normalized spacial score (nSPS) is 23.8. The third kappa shape index (κ3) is 4.64. The maximum Gasteiger partial charge on any atom is 0.0431 e. The molecular formula is C13H27NOS. The number of aliphatic hydroxyl groups is 1. The molecule has 0 bridgehead atoms. The maximum atomic E-state index is 8.89. The number of likely N-dealkylation sites (tertiary alicyclic amines) is 1. The Labute approximate surface area is 106 Å². The monoisotopic (exact) mass is 245 g/mol. The third-order valence-corrected chi connectivity index (χ3v) is 4.16. The van der Waals surface area contributed by atoms with Crippen molar-refractivity contribution in [2.75, 3.05) is 25.4 Å². The summed E-state index contributed by atoms with van der Waals surface area (Å²) in [6.07, 6.45) is 7.35. The molecule has 0 aromatic rings. The summed E-state index contributed by atoms with van der Waals surface area (Å²) in [5.74, 6) is 1.76. The number of rotatable bonds is 8. The molecule has 2 atom stereocenters. The summed E-state index contributed by atoms with van der Waals surface area (Å²) in [7, 11) is 0. The second-order valence-corrected chi connectivity index (χ2v) is 5.36. The molecule has 0 spiro atoms. The van der Waals surface area contributed by atoms with Gasteiger partial charge in [0.15, 0.2) is 0 Å². The van der Waals surface area contributed by atoms with Gasteiger partial charge in [-0.05, 0) is 50.3 Å². The molecule has 1 rings (SSSR count). The molecule has 1 aliphatic heterocycles. The SMILES string of the molecule is CCCC(CS)CN1CCCC1CCCO. The fraction of sp³-hybridized carbons (Fsp3) is 1.00. The highest BCUT2D eigenvalue weighted by Gasteiger charge is 2.25. The number of thiol groups is 1.